The first-order valence-corrected chi connectivity index (χ1v) is 3.44. The van der Waals surface area contributed by atoms with E-state index in [-0.39, 0.29) is 0 Å². The van der Waals surface area contributed by atoms with Crippen LogP contribution in [0.4, 0.5) is 0 Å². The molecule has 2 atom stereocenters. The Kier molecular flexibility index (Phi) is 2.49. The van der Waals surface area contributed by atoms with E-state index < -0.39 is 0 Å². The summed E-state index contributed by atoms with van der Waals surface area (Å²) in [6, 6.07) is 0.495. The van der Waals surface area contributed by atoms with Gasteiger partial charge in [-0.25, -0.2) is 0 Å². The van der Waals surface area contributed by atoms with Crippen LogP contribution in [0, 0.1) is 7.05 Å². The molecule has 0 saturated heterocycles. The summed E-state index contributed by atoms with van der Waals surface area (Å²) in [4.78, 5) is 0. The van der Waals surface area contributed by atoms with E-state index in [1.807, 2.05) is 0 Å². The second kappa shape index (κ2) is 3.18. The van der Waals surface area contributed by atoms with Crippen molar-refractivity contribution in [3.05, 3.63) is 7.05 Å². The highest BCUT2D eigenvalue weighted by atomic mass is 16.5. The zero-order chi connectivity index (χ0) is 6.69. The molecule has 0 aromatic heterocycles. The molecule has 9 heavy (non-hydrogen) atoms. The fraction of sp³-hybridized carbons (Fsp3) is 0.857. The third-order valence-electron chi connectivity index (χ3n) is 2.02. The van der Waals surface area contributed by atoms with Gasteiger partial charge in [-0.15, -0.1) is 0 Å². The van der Waals surface area contributed by atoms with Crippen LogP contribution in [-0.2, 0) is 4.74 Å². The van der Waals surface area contributed by atoms with E-state index in [2.05, 4.69) is 12.4 Å². The first-order valence-electron chi connectivity index (χ1n) is 3.44. The van der Waals surface area contributed by atoms with Gasteiger partial charge in [0, 0.05) is 20.2 Å². The Morgan fingerprint density at radius 3 is 2.78 bits per heavy atom. The Morgan fingerprint density at radius 2 is 2.33 bits per heavy atom. The van der Waals surface area contributed by atoms with Gasteiger partial charge in [0.2, 0.25) is 0 Å². The predicted molar refractivity (Wildman–Crippen MR) is 36.9 cm³/mol. The lowest BCUT2D eigenvalue weighted by Gasteiger charge is -2.16. The minimum absolute atomic E-state index is 0.405. The van der Waals surface area contributed by atoms with Crippen molar-refractivity contribution >= 4 is 0 Å². The summed E-state index contributed by atoms with van der Waals surface area (Å²) < 4.78 is 5.21. The molecule has 0 heterocycles. The number of rotatable bonds is 2. The number of ether oxygens (including phenoxy) is 1. The molecule has 1 aliphatic rings. The van der Waals surface area contributed by atoms with E-state index in [0.29, 0.717) is 12.1 Å². The molecule has 0 aliphatic heterocycles. The van der Waals surface area contributed by atoms with Crippen molar-refractivity contribution in [1.82, 2.24) is 5.32 Å². The molecule has 0 bridgehead atoms. The van der Waals surface area contributed by atoms with Crippen LogP contribution < -0.4 is 5.32 Å². The summed E-state index contributed by atoms with van der Waals surface area (Å²) in [5, 5.41) is 2.99. The third-order valence-corrected chi connectivity index (χ3v) is 2.02. The molecule has 1 aliphatic carbocycles. The van der Waals surface area contributed by atoms with Gasteiger partial charge in [-0.1, -0.05) is 0 Å². The lowest BCUT2D eigenvalue weighted by molar-refractivity contribution is 0.0890. The van der Waals surface area contributed by atoms with Crippen molar-refractivity contribution in [3.8, 4) is 0 Å². The SMILES string of the molecule is [CH2]NC1CCCC1OC. The molecule has 1 saturated carbocycles. The van der Waals surface area contributed by atoms with Gasteiger partial charge >= 0.3 is 0 Å². The van der Waals surface area contributed by atoms with Gasteiger partial charge in [-0.3, -0.25) is 0 Å². The summed E-state index contributed by atoms with van der Waals surface area (Å²) in [6.45, 7) is 0. The average molecular weight is 128 g/mol. The highest BCUT2D eigenvalue weighted by molar-refractivity contribution is 4.83. The normalized spacial score (nSPS) is 35.3. The summed E-state index contributed by atoms with van der Waals surface area (Å²) in [5.41, 5.74) is 0. The standard InChI is InChI=1S/C7H14NO/c1-8-6-4-3-5-7(6)9-2/h6-8H,1,3-5H2,2H3. The highest BCUT2D eigenvalue weighted by Crippen LogP contribution is 2.20. The van der Waals surface area contributed by atoms with Crippen molar-refractivity contribution < 1.29 is 4.74 Å². The van der Waals surface area contributed by atoms with E-state index in [1.54, 1.807) is 7.11 Å². The van der Waals surface area contributed by atoms with Crippen LogP contribution in [0.5, 0.6) is 0 Å². The van der Waals surface area contributed by atoms with Crippen LogP contribution >= 0.6 is 0 Å². The Bertz CT molecular complexity index is 75.0. The molecule has 1 radical (unpaired) electrons. The second-order valence-electron chi connectivity index (χ2n) is 2.52. The summed E-state index contributed by atoms with van der Waals surface area (Å²) >= 11 is 0. The number of methoxy groups -OCH3 is 1. The largest absolute Gasteiger partial charge is 0.380 e. The number of hydrogen-bond acceptors (Lipinski definition) is 2. The van der Waals surface area contributed by atoms with Gasteiger partial charge in [-0.2, -0.15) is 0 Å². The fourth-order valence-corrected chi connectivity index (χ4v) is 1.44. The minimum Gasteiger partial charge on any atom is -0.380 e. The van der Waals surface area contributed by atoms with Gasteiger partial charge in [0.05, 0.1) is 6.10 Å². The quantitative estimate of drug-likeness (QED) is 0.597. The zero-order valence-electron chi connectivity index (χ0n) is 5.89. The monoisotopic (exact) mass is 128 g/mol. The van der Waals surface area contributed by atoms with E-state index in [1.165, 1.54) is 19.3 Å². The molecule has 2 unspecified atom stereocenters. The minimum atomic E-state index is 0.405. The van der Waals surface area contributed by atoms with E-state index in [4.69, 9.17) is 4.74 Å². The van der Waals surface area contributed by atoms with Gasteiger partial charge in [0.1, 0.15) is 0 Å². The van der Waals surface area contributed by atoms with E-state index in [9.17, 15) is 0 Å². The Hall–Kier alpha value is -0.0800. The predicted octanol–water partition coefficient (Wildman–Crippen LogP) is 0.935. The lowest BCUT2D eigenvalue weighted by Crippen LogP contribution is -2.32. The molecular weight excluding hydrogens is 114 g/mol. The van der Waals surface area contributed by atoms with E-state index in [0.717, 1.165) is 0 Å². The molecular formula is C7H14NO. The molecule has 0 aromatic carbocycles. The van der Waals surface area contributed by atoms with Gasteiger partial charge in [-0.05, 0) is 19.3 Å². The van der Waals surface area contributed by atoms with Crippen molar-refractivity contribution in [2.75, 3.05) is 7.11 Å². The highest BCUT2D eigenvalue weighted by Gasteiger charge is 2.24. The summed E-state index contributed by atoms with van der Waals surface area (Å²) in [6.07, 6.45) is 4.07. The van der Waals surface area contributed by atoms with Crippen molar-refractivity contribution in [2.24, 2.45) is 0 Å². The Balaban J connectivity index is 2.32. The molecule has 2 nitrogen and oxygen atoms in total. The molecule has 2 heteroatoms. The van der Waals surface area contributed by atoms with Gasteiger partial charge in [0.25, 0.3) is 0 Å². The van der Waals surface area contributed by atoms with Crippen LogP contribution in [-0.4, -0.2) is 19.3 Å². The smallest absolute Gasteiger partial charge is 0.0724 e. The van der Waals surface area contributed by atoms with Crippen molar-refractivity contribution in [2.45, 2.75) is 31.4 Å². The fourth-order valence-electron chi connectivity index (χ4n) is 1.44. The van der Waals surface area contributed by atoms with Crippen LogP contribution in [0.1, 0.15) is 19.3 Å². The molecule has 0 amide bonds. The molecule has 0 aromatic rings. The molecule has 1 rings (SSSR count). The van der Waals surface area contributed by atoms with Gasteiger partial charge in [0.15, 0.2) is 0 Å². The van der Waals surface area contributed by atoms with Crippen LogP contribution in [0.15, 0.2) is 0 Å². The molecule has 1 N–H and O–H groups in total. The topological polar surface area (TPSA) is 21.3 Å². The first kappa shape index (κ1) is 7.03. The maximum absolute atomic E-state index is 5.21. The van der Waals surface area contributed by atoms with Crippen molar-refractivity contribution in [1.29, 1.82) is 0 Å². The molecule has 1 fully saturated rings. The summed E-state index contributed by atoms with van der Waals surface area (Å²) in [5.74, 6) is 0. The number of nitrogens with one attached hydrogen (secondary N) is 1. The first-order chi connectivity index (χ1) is 4.38. The van der Waals surface area contributed by atoms with Crippen molar-refractivity contribution in [3.63, 3.8) is 0 Å². The molecule has 53 valence electrons. The molecule has 0 spiro atoms. The maximum Gasteiger partial charge on any atom is 0.0724 e. The lowest BCUT2D eigenvalue weighted by atomic mass is 10.2. The maximum atomic E-state index is 5.21. The number of hydrogen-bond donors (Lipinski definition) is 1. The Morgan fingerprint density at radius 1 is 1.56 bits per heavy atom. The second-order valence-corrected chi connectivity index (χ2v) is 2.52. The van der Waals surface area contributed by atoms with Crippen LogP contribution in [0.3, 0.4) is 0 Å². The van der Waals surface area contributed by atoms with E-state index >= 15 is 0 Å². The zero-order valence-corrected chi connectivity index (χ0v) is 5.89. The van der Waals surface area contributed by atoms with Gasteiger partial charge < -0.3 is 10.1 Å². The average Bonchev–Trinajstić information content (AvgIpc) is 2.33. The summed E-state index contributed by atoms with van der Waals surface area (Å²) in [7, 11) is 5.40. The third kappa shape index (κ3) is 1.43. The van der Waals surface area contributed by atoms with Crippen LogP contribution in [0.2, 0.25) is 0 Å². The Labute approximate surface area is 56.6 Å². The van der Waals surface area contributed by atoms with Crippen LogP contribution in [0.25, 0.3) is 0 Å².